The molecule has 0 spiro atoms. The molecular formula is C6H5BrN4. The molecule has 0 unspecified atom stereocenters. The van der Waals surface area contributed by atoms with E-state index in [1.807, 2.05) is 6.07 Å². The lowest BCUT2D eigenvalue weighted by atomic mass is 10.3. The monoisotopic (exact) mass is 212 g/mol. The van der Waals surface area contributed by atoms with E-state index in [2.05, 4.69) is 31.3 Å². The lowest BCUT2D eigenvalue weighted by molar-refractivity contribution is 0.959. The van der Waals surface area contributed by atoms with Crippen molar-refractivity contribution in [3.8, 4) is 0 Å². The van der Waals surface area contributed by atoms with Crippen LogP contribution < -0.4 is 5.73 Å². The van der Waals surface area contributed by atoms with Crippen LogP contribution >= 0.6 is 15.9 Å². The van der Waals surface area contributed by atoms with Gasteiger partial charge in [0.2, 0.25) is 0 Å². The van der Waals surface area contributed by atoms with Crippen LogP contribution in [0, 0.1) is 0 Å². The molecule has 0 atom stereocenters. The predicted molar refractivity (Wildman–Crippen MR) is 46.0 cm³/mol. The molecule has 0 saturated heterocycles. The number of halogens is 1. The molecule has 0 aliphatic heterocycles. The summed E-state index contributed by atoms with van der Waals surface area (Å²) in [6.45, 7) is 0. The van der Waals surface area contributed by atoms with E-state index in [0.29, 0.717) is 5.69 Å². The molecule has 4 nitrogen and oxygen atoms in total. The molecule has 0 aliphatic carbocycles. The molecule has 1 heterocycles. The van der Waals surface area contributed by atoms with Gasteiger partial charge in [-0.15, -0.1) is 5.10 Å². The summed E-state index contributed by atoms with van der Waals surface area (Å²) in [6, 6.07) is 3.64. The molecule has 0 aliphatic rings. The minimum atomic E-state index is 0.673. The molecular weight excluding hydrogens is 208 g/mol. The van der Waals surface area contributed by atoms with Crippen LogP contribution in [-0.4, -0.2) is 15.4 Å². The van der Waals surface area contributed by atoms with Crippen LogP contribution in [0.1, 0.15) is 0 Å². The second-order valence-corrected chi connectivity index (χ2v) is 2.97. The molecule has 2 aromatic rings. The maximum atomic E-state index is 5.62. The number of nitrogens with zero attached hydrogens (tertiary/aromatic N) is 2. The number of H-pyrrole nitrogens is 1. The molecule has 1 aromatic carbocycles. The molecule has 3 N–H and O–H groups in total. The van der Waals surface area contributed by atoms with Gasteiger partial charge in [-0.25, -0.2) is 0 Å². The number of fused-ring (bicyclic) bond motifs is 1. The Balaban J connectivity index is 2.93. The van der Waals surface area contributed by atoms with Crippen molar-refractivity contribution < 1.29 is 0 Å². The Bertz CT molecular complexity index is 394. The van der Waals surface area contributed by atoms with Crippen molar-refractivity contribution in [3.05, 3.63) is 16.6 Å². The van der Waals surface area contributed by atoms with E-state index in [4.69, 9.17) is 5.73 Å². The number of rotatable bonds is 0. The van der Waals surface area contributed by atoms with Gasteiger partial charge in [-0.1, -0.05) is 5.21 Å². The maximum absolute atomic E-state index is 5.62. The van der Waals surface area contributed by atoms with Crippen molar-refractivity contribution in [1.82, 2.24) is 15.4 Å². The van der Waals surface area contributed by atoms with E-state index in [0.717, 1.165) is 15.5 Å². The molecule has 1 aromatic heterocycles. The van der Waals surface area contributed by atoms with Gasteiger partial charge in [0, 0.05) is 5.69 Å². The van der Waals surface area contributed by atoms with E-state index >= 15 is 0 Å². The second-order valence-electron chi connectivity index (χ2n) is 2.18. The SMILES string of the molecule is Nc1ccc2[nH]nnc2c1Br. The highest BCUT2D eigenvalue weighted by molar-refractivity contribution is 9.10. The second kappa shape index (κ2) is 2.20. The lowest BCUT2D eigenvalue weighted by Crippen LogP contribution is -1.86. The molecule has 0 fully saturated rings. The molecule has 0 bridgehead atoms. The zero-order valence-corrected chi connectivity index (χ0v) is 7.09. The number of aromatic amines is 1. The Morgan fingerprint density at radius 2 is 2.27 bits per heavy atom. The summed E-state index contributed by atoms with van der Waals surface area (Å²) in [5, 5.41) is 10.2. The smallest absolute Gasteiger partial charge is 0.129 e. The van der Waals surface area contributed by atoms with E-state index < -0.39 is 0 Å². The highest BCUT2D eigenvalue weighted by atomic mass is 79.9. The zero-order valence-electron chi connectivity index (χ0n) is 5.50. The number of anilines is 1. The third-order valence-corrected chi connectivity index (χ3v) is 2.30. The van der Waals surface area contributed by atoms with Crippen LogP contribution in [0.3, 0.4) is 0 Å². The van der Waals surface area contributed by atoms with Gasteiger partial charge in [-0.3, -0.25) is 5.10 Å². The molecule has 11 heavy (non-hydrogen) atoms. The van der Waals surface area contributed by atoms with Crippen molar-refractivity contribution >= 4 is 32.7 Å². The largest absolute Gasteiger partial charge is 0.398 e. The van der Waals surface area contributed by atoms with Gasteiger partial charge in [0.25, 0.3) is 0 Å². The van der Waals surface area contributed by atoms with Gasteiger partial charge < -0.3 is 5.73 Å². The first-order chi connectivity index (χ1) is 5.29. The van der Waals surface area contributed by atoms with E-state index in [-0.39, 0.29) is 0 Å². The topological polar surface area (TPSA) is 67.6 Å². The molecule has 0 saturated carbocycles. The highest BCUT2D eigenvalue weighted by Crippen LogP contribution is 2.25. The minimum Gasteiger partial charge on any atom is -0.398 e. The van der Waals surface area contributed by atoms with Crippen molar-refractivity contribution in [2.75, 3.05) is 5.73 Å². The number of benzene rings is 1. The van der Waals surface area contributed by atoms with Crippen LogP contribution in [-0.2, 0) is 0 Å². The standard InChI is InChI=1S/C6H5BrN4/c7-5-3(8)1-2-4-6(5)10-11-9-4/h1-2H,8H2,(H,9,10,11). The lowest BCUT2D eigenvalue weighted by Gasteiger charge is -1.95. The van der Waals surface area contributed by atoms with Gasteiger partial charge in [0.1, 0.15) is 5.52 Å². The summed E-state index contributed by atoms with van der Waals surface area (Å²) in [5.41, 5.74) is 7.94. The van der Waals surface area contributed by atoms with E-state index in [1.165, 1.54) is 0 Å². The first kappa shape index (κ1) is 6.60. The summed E-state index contributed by atoms with van der Waals surface area (Å²) in [6.07, 6.45) is 0. The van der Waals surface area contributed by atoms with Crippen LogP contribution in [0.4, 0.5) is 5.69 Å². The Labute approximate surface area is 70.9 Å². The van der Waals surface area contributed by atoms with Crippen LogP contribution in [0.25, 0.3) is 11.0 Å². The summed E-state index contributed by atoms with van der Waals surface area (Å²) in [5.74, 6) is 0. The maximum Gasteiger partial charge on any atom is 0.129 e. The molecule has 56 valence electrons. The van der Waals surface area contributed by atoms with Crippen molar-refractivity contribution in [1.29, 1.82) is 0 Å². The van der Waals surface area contributed by atoms with Crippen LogP contribution in [0.15, 0.2) is 16.6 Å². The number of nitrogen functional groups attached to an aromatic ring is 1. The first-order valence-corrected chi connectivity index (χ1v) is 3.83. The average Bonchev–Trinajstić information content (AvgIpc) is 2.45. The van der Waals surface area contributed by atoms with Gasteiger partial charge in [-0.05, 0) is 28.1 Å². The number of nitrogens with one attached hydrogen (secondary N) is 1. The summed E-state index contributed by atoms with van der Waals surface area (Å²) in [7, 11) is 0. The average molecular weight is 213 g/mol. The third kappa shape index (κ3) is 0.883. The molecule has 0 amide bonds. The fraction of sp³-hybridized carbons (Fsp3) is 0. The Morgan fingerprint density at radius 3 is 3.09 bits per heavy atom. The van der Waals surface area contributed by atoms with E-state index in [1.54, 1.807) is 6.07 Å². The van der Waals surface area contributed by atoms with Gasteiger partial charge in [0.05, 0.1) is 9.99 Å². The van der Waals surface area contributed by atoms with Crippen molar-refractivity contribution in [2.24, 2.45) is 0 Å². The number of aromatic nitrogens is 3. The number of hydrogen-bond acceptors (Lipinski definition) is 3. The first-order valence-electron chi connectivity index (χ1n) is 3.04. The van der Waals surface area contributed by atoms with Gasteiger partial charge >= 0.3 is 0 Å². The Kier molecular flexibility index (Phi) is 1.32. The van der Waals surface area contributed by atoms with E-state index in [9.17, 15) is 0 Å². The normalized spacial score (nSPS) is 10.6. The molecule has 0 radical (unpaired) electrons. The quantitative estimate of drug-likeness (QED) is 0.648. The number of hydrogen-bond donors (Lipinski definition) is 2. The van der Waals surface area contributed by atoms with Crippen molar-refractivity contribution in [2.45, 2.75) is 0 Å². The summed E-state index contributed by atoms with van der Waals surface area (Å²) >= 11 is 3.31. The fourth-order valence-electron chi connectivity index (χ4n) is 0.897. The minimum absolute atomic E-state index is 0.673. The van der Waals surface area contributed by atoms with Crippen LogP contribution in [0.5, 0.6) is 0 Å². The fourth-order valence-corrected chi connectivity index (χ4v) is 1.32. The van der Waals surface area contributed by atoms with Gasteiger partial charge in [0.15, 0.2) is 0 Å². The summed E-state index contributed by atoms with van der Waals surface area (Å²) < 4.78 is 0.795. The predicted octanol–water partition coefficient (Wildman–Crippen LogP) is 1.30. The Hall–Kier alpha value is -1.10. The molecule has 5 heteroatoms. The summed E-state index contributed by atoms with van der Waals surface area (Å²) in [4.78, 5) is 0. The Morgan fingerprint density at radius 1 is 1.45 bits per heavy atom. The van der Waals surface area contributed by atoms with Crippen molar-refractivity contribution in [3.63, 3.8) is 0 Å². The highest BCUT2D eigenvalue weighted by Gasteiger charge is 2.04. The van der Waals surface area contributed by atoms with Gasteiger partial charge in [-0.2, -0.15) is 0 Å². The number of nitrogens with two attached hydrogens (primary N) is 1. The zero-order chi connectivity index (χ0) is 7.84. The molecule has 2 rings (SSSR count). The third-order valence-electron chi connectivity index (χ3n) is 1.47. The van der Waals surface area contributed by atoms with Crippen LogP contribution in [0.2, 0.25) is 0 Å².